The van der Waals surface area contributed by atoms with Crippen LogP contribution in [0.3, 0.4) is 0 Å². The number of hydrogen-bond acceptors (Lipinski definition) is 3. The number of H-pyrrole nitrogens is 1. The van der Waals surface area contributed by atoms with Crippen LogP contribution in [0.15, 0.2) is 53.1 Å². The van der Waals surface area contributed by atoms with Crippen molar-refractivity contribution in [3.63, 3.8) is 0 Å². The number of carbonyl (C=O) groups is 2. The Morgan fingerprint density at radius 1 is 1.20 bits per heavy atom. The van der Waals surface area contributed by atoms with Gasteiger partial charge in [-0.25, -0.2) is 0 Å². The quantitative estimate of drug-likeness (QED) is 0.636. The van der Waals surface area contributed by atoms with Gasteiger partial charge in [-0.3, -0.25) is 9.59 Å². The first-order valence-electron chi connectivity index (χ1n) is 7.79. The number of amides is 1. The highest BCUT2D eigenvalue weighted by molar-refractivity contribution is 9.10. The molecule has 128 valence electrons. The Morgan fingerprint density at radius 2 is 2.00 bits per heavy atom. The van der Waals surface area contributed by atoms with Crippen LogP contribution in [0, 0.1) is 6.92 Å². The van der Waals surface area contributed by atoms with Gasteiger partial charge in [-0.1, -0.05) is 34.1 Å². The van der Waals surface area contributed by atoms with E-state index in [0.717, 1.165) is 26.5 Å². The van der Waals surface area contributed by atoms with Crippen molar-refractivity contribution in [1.29, 1.82) is 0 Å². The van der Waals surface area contributed by atoms with E-state index in [1.165, 1.54) is 0 Å². The van der Waals surface area contributed by atoms with Gasteiger partial charge in [0, 0.05) is 27.3 Å². The first-order valence-corrected chi connectivity index (χ1v) is 8.59. The molecular weight excluding hydrogens is 384 g/mol. The van der Waals surface area contributed by atoms with E-state index in [4.69, 9.17) is 4.74 Å². The number of anilines is 1. The van der Waals surface area contributed by atoms with E-state index in [0.29, 0.717) is 5.69 Å². The Labute approximate surface area is 153 Å². The Bertz CT molecular complexity index is 933. The molecule has 6 heteroatoms. The number of aromatic nitrogens is 1. The van der Waals surface area contributed by atoms with Gasteiger partial charge in [0.1, 0.15) is 0 Å². The lowest BCUT2D eigenvalue weighted by Crippen LogP contribution is -2.21. The van der Waals surface area contributed by atoms with Crippen molar-refractivity contribution in [1.82, 2.24) is 4.98 Å². The molecule has 25 heavy (non-hydrogen) atoms. The fourth-order valence-corrected chi connectivity index (χ4v) is 2.80. The largest absolute Gasteiger partial charge is 0.455 e. The van der Waals surface area contributed by atoms with Gasteiger partial charge in [0.2, 0.25) is 0 Å². The molecule has 0 saturated carbocycles. The van der Waals surface area contributed by atoms with Gasteiger partial charge in [-0.2, -0.15) is 0 Å². The molecule has 0 aliphatic rings. The number of esters is 1. The molecule has 3 aromatic rings. The summed E-state index contributed by atoms with van der Waals surface area (Å²) >= 11 is 3.41. The maximum atomic E-state index is 12.0. The average molecular weight is 401 g/mol. The zero-order valence-electron chi connectivity index (χ0n) is 13.6. The van der Waals surface area contributed by atoms with Gasteiger partial charge >= 0.3 is 5.97 Å². The van der Waals surface area contributed by atoms with E-state index in [2.05, 4.69) is 26.2 Å². The second-order valence-corrected chi connectivity index (χ2v) is 6.56. The first-order chi connectivity index (χ1) is 12.0. The predicted octanol–water partition coefficient (Wildman–Crippen LogP) is 3.96. The second-order valence-electron chi connectivity index (χ2n) is 5.71. The Kier molecular flexibility index (Phi) is 5.19. The van der Waals surface area contributed by atoms with Gasteiger partial charge in [0.25, 0.3) is 5.91 Å². The molecule has 0 atom stereocenters. The number of fused-ring (bicyclic) bond motifs is 1. The van der Waals surface area contributed by atoms with Crippen LogP contribution < -0.4 is 5.32 Å². The molecule has 0 bridgehead atoms. The summed E-state index contributed by atoms with van der Waals surface area (Å²) in [7, 11) is 0. The number of nitrogens with one attached hydrogen (secondary N) is 2. The van der Waals surface area contributed by atoms with Crippen LogP contribution in [0.2, 0.25) is 0 Å². The lowest BCUT2D eigenvalue weighted by molar-refractivity contribution is -0.146. The summed E-state index contributed by atoms with van der Waals surface area (Å²) in [5.41, 5.74) is 3.49. The van der Waals surface area contributed by atoms with Gasteiger partial charge in [-0.15, -0.1) is 0 Å². The molecule has 5 nitrogen and oxygen atoms in total. The lowest BCUT2D eigenvalue weighted by atomic mass is 10.1. The Balaban J connectivity index is 1.53. The average Bonchev–Trinajstić information content (AvgIpc) is 2.99. The van der Waals surface area contributed by atoms with Crippen LogP contribution in [-0.4, -0.2) is 23.5 Å². The zero-order chi connectivity index (χ0) is 17.8. The normalized spacial score (nSPS) is 10.6. The van der Waals surface area contributed by atoms with E-state index in [1.807, 2.05) is 43.3 Å². The monoisotopic (exact) mass is 400 g/mol. The summed E-state index contributed by atoms with van der Waals surface area (Å²) in [6, 6.07) is 13.2. The zero-order valence-corrected chi connectivity index (χ0v) is 15.2. The molecule has 0 fully saturated rings. The molecule has 2 N–H and O–H groups in total. The smallest absolute Gasteiger partial charge is 0.310 e. The van der Waals surface area contributed by atoms with Crippen molar-refractivity contribution in [2.45, 2.75) is 13.3 Å². The highest BCUT2D eigenvalue weighted by Crippen LogP contribution is 2.20. The van der Waals surface area contributed by atoms with Crippen LogP contribution in [0.25, 0.3) is 10.9 Å². The number of para-hydroxylation sites is 1. The maximum Gasteiger partial charge on any atom is 0.310 e. The SMILES string of the molecule is Cc1cc(NC(=O)COC(=O)Cc2c[nH]c3ccccc23)ccc1Br. The van der Waals surface area contributed by atoms with E-state index in [-0.39, 0.29) is 18.9 Å². The molecule has 0 radical (unpaired) electrons. The summed E-state index contributed by atoms with van der Waals surface area (Å²) in [6.45, 7) is 1.62. The lowest BCUT2D eigenvalue weighted by Gasteiger charge is -2.08. The third-order valence-corrected chi connectivity index (χ3v) is 4.71. The van der Waals surface area contributed by atoms with E-state index in [1.54, 1.807) is 12.3 Å². The van der Waals surface area contributed by atoms with Crippen molar-refractivity contribution in [2.75, 3.05) is 11.9 Å². The molecular formula is C19H17BrN2O3. The first kappa shape index (κ1) is 17.2. The minimum atomic E-state index is -0.438. The van der Waals surface area contributed by atoms with Crippen LogP contribution in [0.4, 0.5) is 5.69 Å². The van der Waals surface area contributed by atoms with Crippen LogP contribution in [0.5, 0.6) is 0 Å². The molecule has 0 unspecified atom stereocenters. The number of benzene rings is 2. The number of rotatable bonds is 5. The minimum Gasteiger partial charge on any atom is -0.455 e. The molecule has 1 heterocycles. The summed E-state index contributed by atoms with van der Waals surface area (Å²) in [4.78, 5) is 27.0. The van der Waals surface area contributed by atoms with Crippen LogP contribution in [0.1, 0.15) is 11.1 Å². The molecule has 0 aliphatic carbocycles. The summed E-state index contributed by atoms with van der Waals surface area (Å²) in [5, 5.41) is 3.69. The highest BCUT2D eigenvalue weighted by atomic mass is 79.9. The number of aryl methyl sites for hydroxylation is 1. The van der Waals surface area contributed by atoms with Crippen molar-refractivity contribution in [3.05, 3.63) is 64.3 Å². The molecule has 1 aromatic heterocycles. The fraction of sp³-hybridized carbons (Fsp3) is 0.158. The summed E-state index contributed by atoms with van der Waals surface area (Å²) in [5.74, 6) is -0.805. The number of aromatic amines is 1. The summed E-state index contributed by atoms with van der Waals surface area (Å²) < 4.78 is 6.05. The third-order valence-electron chi connectivity index (χ3n) is 3.82. The maximum absolute atomic E-state index is 12.0. The van der Waals surface area contributed by atoms with Crippen molar-refractivity contribution < 1.29 is 14.3 Å². The van der Waals surface area contributed by atoms with Gasteiger partial charge in [0.05, 0.1) is 6.42 Å². The number of carbonyl (C=O) groups excluding carboxylic acids is 2. The second kappa shape index (κ2) is 7.53. The van der Waals surface area contributed by atoms with Gasteiger partial charge < -0.3 is 15.0 Å². The number of hydrogen-bond donors (Lipinski definition) is 2. The van der Waals surface area contributed by atoms with Crippen LogP contribution >= 0.6 is 15.9 Å². The van der Waals surface area contributed by atoms with Crippen molar-refractivity contribution in [2.24, 2.45) is 0 Å². The fourth-order valence-electron chi connectivity index (χ4n) is 2.55. The third kappa shape index (κ3) is 4.28. The molecule has 0 saturated heterocycles. The molecule has 0 spiro atoms. The topological polar surface area (TPSA) is 71.2 Å². The number of ether oxygens (including phenoxy) is 1. The van der Waals surface area contributed by atoms with Crippen LogP contribution in [-0.2, 0) is 20.7 Å². The van der Waals surface area contributed by atoms with E-state index < -0.39 is 5.97 Å². The highest BCUT2D eigenvalue weighted by Gasteiger charge is 2.12. The standard InChI is InChI=1S/C19H17BrN2O3/c1-12-8-14(6-7-16(12)20)22-18(23)11-25-19(24)9-13-10-21-17-5-3-2-4-15(13)17/h2-8,10,21H,9,11H2,1H3,(H,22,23). The van der Waals surface area contributed by atoms with Gasteiger partial charge in [-0.05, 0) is 42.3 Å². The van der Waals surface area contributed by atoms with E-state index >= 15 is 0 Å². The Hall–Kier alpha value is -2.60. The molecule has 3 rings (SSSR count). The van der Waals surface area contributed by atoms with Crippen molar-refractivity contribution >= 4 is 44.4 Å². The molecule has 1 amide bonds. The minimum absolute atomic E-state index is 0.120. The predicted molar refractivity (Wildman–Crippen MR) is 100 cm³/mol. The van der Waals surface area contributed by atoms with Crippen molar-refractivity contribution in [3.8, 4) is 0 Å². The van der Waals surface area contributed by atoms with Gasteiger partial charge in [0.15, 0.2) is 6.61 Å². The summed E-state index contributed by atoms with van der Waals surface area (Å²) in [6.07, 6.45) is 1.91. The number of halogens is 1. The molecule has 2 aromatic carbocycles. The molecule has 0 aliphatic heterocycles. The van der Waals surface area contributed by atoms with E-state index in [9.17, 15) is 9.59 Å². The Morgan fingerprint density at radius 3 is 2.80 bits per heavy atom.